The van der Waals surface area contributed by atoms with Gasteiger partial charge in [0.2, 0.25) is 0 Å². The van der Waals surface area contributed by atoms with Crippen LogP contribution in [0.4, 0.5) is 0 Å². The number of nitrogens with zero attached hydrogens (tertiary/aromatic N) is 2. The third-order valence-electron chi connectivity index (χ3n) is 4.12. The molecule has 4 nitrogen and oxygen atoms in total. The van der Waals surface area contributed by atoms with Crippen molar-refractivity contribution in [2.24, 2.45) is 4.99 Å². The lowest BCUT2D eigenvalue weighted by atomic mass is 10.1. The average Bonchev–Trinajstić information content (AvgIpc) is 3.36. The van der Waals surface area contributed by atoms with Gasteiger partial charge in [0.05, 0.1) is 12.6 Å². The van der Waals surface area contributed by atoms with Gasteiger partial charge in [0.25, 0.3) is 0 Å². The lowest BCUT2D eigenvalue weighted by Crippen LogP contribution is -2.39. The molecular weight excluding hydrogens is 399 g/mol. The van der Waals surface area contributed by atoms with Crippen molar-refractivity contribution in [1.82, 2.24) is 15.5 Å². The Morgan fingerprint density at radius 2 is 1.83 bits per heavy atom. The highest BCUT2D eigenvalue weighted by Gasteiger charge is 2.23. The van der Waals surface area contributed by atoms with E-state index >= 15 is 0 Å². The Hall–Kier alpha value is -0.820. The van der Waals surface area contributed by atoms with E-state index < -0.39 is 0 Å². The summed E-state index contributed by atoms with van der Waals surface area (Å²) in [6.07, 6.45) is 2.53. The van der Waals surface area contributed by atoms with E-state index in [-0.39, 0.29) is 24.0 Å². The van der Waals surface area contributed by atoms with Gasteiger partial charge < -0.3 is 10.6 Å². The summed E-state index contributed by atoms with van der Waals surface area (Å²) in [5, 5.41) is 6.85. The fraction of sp³-hybridized carbons (Fsp3) is 0.611. The Balaban J connectivity index is 0.00000264. The largest absolute Gasteiger partial charge is 0.357 e. The molecular formula is C18H31IN4. The first kappa shape index (κ1) is 20.2. The molecule has 1 fully saturated rings. The molecule has 1 aliphatic rings. The van der Waals surface area contributed by atoms with Crippen molar-refractivity contribution in [1.29, 1.82) is 0 Å². The van der Waals surface area contributed by atoms with Crippen LogP contribution in [-0.4, -0.2) is 43.1 Å². The number of guanidine groups is 1. The molecule has 2 N–H and O–H groups in total. The summed E-state index contributed by atoms with van der Waals surface area (Å²) in [4.78, 5) is 7.31. The molecule has 1 atom stereocenters. The third-order valence-corrected chi connectivity index (χ3v) is 4.12. The molecule has 2 rings (SSSR count). The maximum absolute atomic E-state index is 4.84. The van der Waals surface area contributed by atoms with Gasteiger partial charge in [-0.2, -0.15) is 0 Å². The minimum absolute atomic E-state index is 0. The van der Waals surface area contributed by atoms with Crippen LogP contribution < -0.4 is 10.6 Å². The van der Waals surface area contributed by atoms with Crippen LogP contribution in [0.25, 0.3) is 0 Å². The molecule has 1 aromatic rings. The Morgan fingerprint density at radius 1 is 1.17 bits per heavy atom. The van der Waals surface area contributed by atoms with Crippen molar-refractivity contribution in [3.8, 4) is 0 Å². The first-order valence-electron chi connectivity index (χ1n) is 8.62. The zero-order valence-electron chi connectivity index (χ0n) is 14.6. The minimum atomic E-state index is 0. The predicted molar refractivity (Wildman–Crippen MR) is 110 cm³/mol. The summed E-state index contributed by atoms with van der Waals surface area (Å²) in [5.74, 6) is 0.957. The molecule has 0 spiro atoms. The summed E-state index contributed by atoms with van der Waals surface area (Å²) >= 11 is 0. The van der Waals surface area contributed by atoms with E-state index in [1.807, 2.05) is 0 Å². The topological polar surface area (TPSA) is 39.7 Å². The molecule has 0 bridgehead atoms. The summed E-state index contributed by atoms with van der Waals surface area (Å²) in [5.41, 5.74) is 1.34. The zero-order valence-corrected chi connectivity index (χ0v) is 16.9. The Labute approximate surface area is 158 Å². The number of aliphatic imine (C=N–C) groups is 1. The highest BCUT2D eigenvalue weighted by molar-refractivity contribution is 14.0. The van der Waals surface area contributed by atoms with Gasteiger partial charge in [-0.15, -0.1) is 24.0 Å². The van der Waals surface area contributed by atoms with Crippen molar-refractivity contribution in [2.75, 3.05) is 26.2 Å². The average molecular weight is 430 g/mol. The van der Waals surface area contributed by atoms with Crippen molar-refractivity contribution < 1.29 is 0 Å². The smallest absolute Gasteiger partial charge is 0.191 e. The number of hydrogen-bond donors (Lipinski definition) is 2. The Morgan fingerprint density at radius 3 is 2.35 bits per heavy atom. The fourth-order valence-corrected chi connectivity index (χ4v) is 2.69. The molecule has 1 aliphatic carbocycles. The van der Waals surface area contributed by atoms with Gasteiger partial charge in [-0.05, 0) is 38.4 Å². The molecule has 5 heteroatoms. The van der Waals surface area contributed by atoms with Gasteiger partial charge in [-0.3, -0.25) is 9.89 Å². The van der Waals surface area contributed by atoms with Crippen LogP contribution in [0.15, 0.2) is 35.3 Å². The van der Waals surface area contributed by atoms with E-state index in [1.54, 1.807) is 0 Å². The van der Waals surface area contributed by atoms with E-state index in [2.05, 4.69) is 66.6 Å². The summed E-state index contributed by atoms with van der Waals surface area (Å²) < 4.78 is 0. The van der Waals surface area contributed by atoms with Gasteiger partial charge in [-0.1, -0.05) is 44.2 Å². The maximum atomic E-state index is 4.84. The maximum Gasteiger partial charge on any atom is 0.191 e. The molecule has 23 heavy (non-hydrogen) atoms. The normalized spacial score (nSPS) is 15.9. The van der Waals surface area contributed by atoms with Crippen LogP contribution in [0.2, 0.25) is 0 Å². The van der Waals surface area contributed by atoms with Gasteiger partial charge in [0.1, 0.15) is 0 Å². The quantitative estimate of drug-likeness (QED) is 0.377. The minimum Gasteiger partial charge on any atom is -0.357 e. The SMILES string of the molecule is CCNC(=NCC(c1ccccc1)N(CC)CC)NC1CC1.I. The molecule has 1 saturated carbocycles. The lowest BCUT2D eigenvalue weighted by molar-refractivity contribution is 0.224. The Bertz CT molecular complexity index is 455. The van der Waals surface area contributed by atoms with E-state index in [9.17, 15) is 0 Å². The third kappa shape index (κ3) is 6.67. The van der Waals surface area contributed by atoms with Crippen LogP contribution in [0.5, 0.6) is 0 Å². The first-order valence-corrected chi connectivity index (χ1v) is 8.62. The summed E-state index contributed by atoms with van der Waals surface area (Å²) in [6, 6.07) is 11.7. The molecule has 0 amide bonds. The number of hydrogen-bond acceptors (Lipinski definition) is 2. The Kier molecular flexibility index (Phi) is 9.55. The van der Waals surface area contributed by atoms with Crippen LogP contribution >= 0.6 is 24.0 Å². The van der Waals surface area contributed by atoms with E-state index in [1.165, 1.54) is 18.4 Å². The van der Waals surface area contributed by atoms with Crippen molar-refractivity contribution in [3.05, 3.63) is 35.9 Å². The molecule has 1 unspecified atom stereocenters. The summed E-state index contributed by atoms with van der Waals surface area (Å²) in [6.45, 7) is 10.3. The molecule has 130 valence electrons. The van der Waals surface area contributed by atoms with Crippen LogP contribution in [0, 0.1) is 0 Å². The summed E-state index contributed by atoms with van der Waals surface area (Å²) in [7, 11) is 0. The van der Waals surface area contributed by atoms with Crippen molar-refractivity contribution >= 4 is 29.9 Å². The molecule has 0 radical (unpaired) electrons. The predicted octanol–water partition coefficient (Wildman–Crippen LogP) is 3.41. The van der Waals surface area contributed by atoms with Crippen LogP contribution in [0.1, 0.15) is 45.2 Å². The first-order chi connectivity index (χ1) is 10.8. The number of nitrogens with one attached hydrogen (secondary N) is 2. The van der Waals surface area contributed by atoms with Crippen molar-refractivity contribution in [3.63, 3.8) is 0 Å². The van der Waals surface area contributed by atoms with Gasteiger partial charge in [0, 0.05) is 12.6 Å². The van der Waals surface area contributed by atoms with E-state index in [0.717, 1.165) is 32.1 Å². The molecule has 0 aliphatic heterocycles. The fourth-order valence-electron chi connectivity index (χ4n) is 2.69. The number of rotatable bonds is 8. The second-order valence-corrected chi connectivity index (χ2v) is 5.79. The molecule has 0 heterocycles. The number of likely N-dealkylation sites (N-methyl/N-ethyl adjacent to an activating group) is 1. The number of halogens is 1. The van der Waals surface area contributed by atoms with Crippen molar-refractivity contribution in [2.45, 2.75) is 45.7 Å². The van der Waals surface area contributed by atoms with Gasteiger partial charge in [0.15, 0.2) is 5.96 Å². The lowest BCUT2D eigenvalue weighted by Gasteiger charge is -2.29. The molecule has 0 saturated heterocycles. The molecule has 1 aromatic carbocycles. The second-order valence-electron chi connectivity index (χ2n) is 5.79. The van der Waals surface area contributed by atoms with Gasteiger partial charge >= 0.3 is 0 Å². The monoisotopic (exact) mass is 430 g/mol. The van der Waals surface area contributed by atoms with Gasteiger partial charge in [-0.25, -0.2) is 0 Å². The van der Waals surface area contributed by atoms with Crippen LogP contribution in [0.3, 0.4) is 0 Å². The zero-order chi connectivity index (χ0) is 15.8. The van der Waals surface area contributed by atoms with Crippen LogP contribution in [-0.2, 0) is 0 Å². The second kappa shape index (κ2) is 10.9. The highest BCUT2D eigenvalue weighted by atomic mass is 127. The highest BCUT2D eigenvalue weighted by Crippen LogP contribution is 2.21. The number of benzene rings is 1. The van der Waals surface area contributed by atoms with E-state index in [4.69, 9.17) is 4.99 Å². The molecule has 0 aromatic heterocycles. The van der Waals surface area contributed by atoms with E-state index in [0.29, 0.717) is 12.1 Å². The standard InChI is InChI=1S/C18H30N4.HI/c1-4-19-18(21-16-12-13-16)20-14-17(22(5-2)6-3)15-10-8-7-9-11-15;/h7-11,16-17H,4-6,12-14H2,1-3H3,(H2,19,20,21);1H.